The molecule has 0 spiro atoms. The lowest BCUT2D eigenvalue weighted by molar-refractivity contribution is 0.102. The largest absolute Gasteiger partial charge is 0.316 e. The van der Waals surface area contributed by atoms with E-state index in [9.17, 15) is 9.59 Å². The molecule has 0 fully saturated rings. The minimum absolute atomic E-state index is 0.239. The molecule has 0 radical (unpaired) electrons. The highest BCUT2D eigenvalue weighted by Crippen LogP contribution is 2.16. The van der Waals surface area contributed by atoms with Gasteiger partial charge in [0.25, 0.3) is 11.5 Å². The Labute approximate surface area is 172 Å². The summed E-state index contributed by atoms with van der Waals surface area (Å²) in [5.74, 6) is -0.270. The van der Waals surface area contributed by atoms with Crippen LogP contribution in [0.15, 0.2) is 59.4 Å². The van der Waals surface area contributed by atoms with Gasteiger partial charge < -0.3 is 5.32 Å². The van der Waals surface area contributed by atoms with Crippen LogP contribution in [0.4, 0.5) is 5.69 Å². The van der Waals surface area contributed by atoms with Crippen molar-refractivity contribution >= 4 is 11.6 Å². The first-order valence-corrected chi connectivity index (χ1v) is 10.3. The Bertz CT molecular complexity index is 1010. The van der Waals surface area contributed by atoms with E-state index in [1.165, 1.54) is 31.2 Å². The maximum atomic E-state index is 12.9. The van der Waals surface area contributed by atoms with E-state index in [1.807, 2.05) is 68.6 Å². The molecule has 29 heavy (non-hydrogen) atoms. The molecule has 0 aliphatic rings. The van der Waals surface area contributed by atoms with Gasteiger partial charge in [0.05, 0.1) is 11.4 Å². The molecule has 0 unspecified atom stereocenters. The molecule has 0 saturated heterocycles. The molecule has 1 amide bonds. The van der Waals surface area contributed by atoms with Crippen LogP contribution >= 0.6 is 0 Å². The Kier molecular flexibility index (Phi) is 6.70. The van der Waals surface area contributed by atoms with Gasteiger partial charge in [-0.1, -0.05) is 56.5 Å². The molecule has 0 aliphatic heterocycles. The van der Waals surface area contributed by atoms with Crippen LogP contribution in [0.1, 0.15) is 54.2 Å². The Balaban J connectivity index is 1.75. The molecule has 5 nitrogen and oxygen atoms in total. The molecule has 0 saturated carbocycles. The summed E-state index contributed by atoms with van der Waals surface area (Å²) in [6.45, 7) is 4.03. The highest BCUT2D eigenvalue weighted by atomic mass is 16.2. The number of amides is 1. The van der Waals surface area contributed by atoms with E-state index in [0.717, 1.165) is 12.1 Å². The van der Waals surface area contributed by atoms with Crippen LogP contribution in [0.5, 0.6) is 0 Å². The van der Waals surface area contributed by atoms with Gasteiger partial charge in [-0.25, -0.2) is 4.68 Å². The van der Waals surface area contributed by atoms with E-state index in [-0.39, 0.29) is 11.5 Å². The Morgan fingerprint density at radius 2 is 1.66 bits per heavy atom. The molecule has 5 heteroatoms. The van der Waals surface area contributed by atoms with Crippen LogP contribution in [0, 0.1) is 6.92 Å². The maximum absolute atomic E-state index is 12.9. The van der Waals surface area contributed by atoms with Crippen molar-refractivity contribution in [3.8, 4) is 5.69 Å². The highest BCUT2D eigenvalue weighted by Gasteiger charge is 2.18. The second-order valence-corrected chi connectivity index (χ2v) is 7.40. The fourth-order valence-electron chi connectivity index (χ4n) is 3.48. The summed E-state index contributed by atoms with van der Waals surface area (Å²) in [5, 5.41) is 2.81. The molecule has 1 heterocycles. The lowest BCUT2D eigenvalue weighted by Gasteiger charge is -2.07. The summed E-state index contributed by atoms with van der Waals surface area (Å²) in [7, 11) is 1.81. The number of anilines is 1. The van der Waals surface area contributed by atoms with Crippen LogP contribution in [0.3, 0.4) is 0 Å². The number of unbranched alkanes of at least 4 members (excludes halogenated alkanes) is 3. The van der Waals surface area contributed by atoms with Gasteiger partial charge in [-0.3, -0.25) is 14.3 Å². The molecule has 3 rings (SSSR count). The van der Waals surface area contributed by atoms with Gasteiger partial charge in [0.15, 0.2) is 0 Å². The van der Waals surface area contributed by atoms with Crippen LogP contribution < -0.4 is 10.9 Å². The van der Waals surface area contributed by atoms with E-state index < -0.39 is 0 Å². The van der Waals surface area contributed by atoms with Crippen molar-refractivity contribution in [3.05, 3.63) is 81.8 Å². The van der Waals surface area contributed by atoms with Crippen LogP contribution in [-0.2, 0) is 13.5 Å². The number of carbonyl (C=O) groups excluding carboxylic acids is 1. The number of benzene rings is 2. The fraction of sp³-hybridized carbons (Fsp3) is 0.333. The molecule has 0 bridgehead atoms. The normalized spacial score (nSPS) is 10.9. The maximum Gasteiger partial charge on any atom is 0.295 e. The topological polar surface area (TPSA) is 56.0 Å². The zero-order valence-corrected chi connectivity index (χ0v) is 17.4. The van der Waals surface area contributed by atoms with Crippen LogP contribution in [-0.4, -0.2) is 15.3 Å². The number of nitrogens with zero attached hydrogens (tertiary/aromatic N) is 2. The first kappa shape index (κ1) is 20.6. The van der Waals surface area contributed by atoms with Gasteiger partial charge in [0.1, 0.15) is 5.69 Å². The molecule has 0 atom stereocenters. The predicted octanol–water partition coefficient (Wildman–Crippen LogP) is 4.86. The molecular weight excluding hydrogens is 362 g/mol. The Hall–Kier alpha value is -3.08. The van der Waals surface area contributed by atoms with E-state index in [1.54, 1.807) is 9.36 Å². The van der Waals surface area contributed by atoms with E-state index in [2.05, 4.69) is 12.2 Å². The molecule has 1 N–H and O–H groups in total. The Morgan fingerprint density at radius 3 is 2.31 bits per heavy atom. The standard InChI is InChI=1S/C24H29N3O2/c1-4-5-6-8-11-19-14-16-20(17-15-19)23(28)25-22-18(2)26(3)27(24(22)29)21-12-9-7-10-13-21/h7,9-10,12-17H,4-6,8,11H2,1-3H3,(H,25,28). The quantitative estimate of drug-likeness (QED) is 0.558. The van der Waals surface area contributed by atoms with Gasteiger partial charge in [-0.05, 0) is 49.6 Å². The van der Waals surface area contributed by atoms with Crippen molar-refractivity contribution in [2.24, 2.45) is 7.05 Å². The van der Waals surface area contributed by atoms with Gasteiger partial charge in [0, 0.05) is 12.6 Å². The summed E-state index contributed by atoms with van der Waals surface area (Å²) in [4.78, 5) is 25.6. The summed E-state index contributed by atoms with van der Waals surface area (Å²) in [6, 6.07) is 17.1. The number of para-hydroxylation sites is 1. The van der Waals surface area contributed by atoms with E-state index in [4.69, 9.17) is 0 Å². The third-order valence-corrected chi connectivity index (χ3v) is 5.33. The third-order valence-electron chi connectivity index (χ3n) is 5.33. The van der Waals surface area contributed by atoms with Crippen molar-refractivity contribution in [1.82, 2.24) is 9.36 Å². The van der Waals surface area contributed by atoms with Crippen molar-refractivity contribution < 1.29 is 4.79 Å². The zero-order valence-electron chi connectivity index (χ0n) is 17.4. The molecule has 152 valence electrons. The molecule has 3 aromatic rings. The lowest BCUT2D eigenvalue weighted by Crippen LogP contribution is -2.22. The van der Waals surface area contributed by atoms with Crippen molar-refractivity contribution in [3.63, 3.8) is 0 Å². The first-order chi connectivity index (χ1) is 14.0. The average Bonchev–Trinajstić information content (AvgIpc) is 2.95. The first-order valence-electron chi connectivity index (χ1n) is 10.3. The minimum Gasteiger partial charge on any atom is -0.316 e. The summed E-state index contributed by atoms with van der Waals surface area (Å²) < 4.78 is 3.32. The van der Waals surface area contributed by atoms with Crippen molar-refractivity contribution in [1.29, 1.82) is 0 Å². The van der Waals surface area contributed by atoms with Gasteiger partial charge in [-0.2, -0.15) is 0 Å². The predicted molar refractivity (Wildman–Crippen MR) is 118 cm³/mol. The second-order valence-electron chi connectivity index (χ2n) is 7.40. The van der Waals surface area contributed by atoms with Crippen LogP contribution in [0.25, 0.3) is 5.69 Å². The van der Waals surface area contributed by atoms with Crippen molar-refractivity contribution in [2.45, 2.75) is 46.0 Å². The number of hydrogen-bond donors (Lipinski definition) is 1. The van der Waals surface area contributed by atoms with E-state index in [0.29, 0.717) is 16.9 Å². The smallest absolute Gasteiger partial charge is 0.295 e. The van der Waals surface area contributed by atoms with Gasteiger partial charge in [0.2, 0.25) is 0 Å². The van der Waals surface area contributed by atoms with Gasteiger partial charge >= 0.3 is 0 Å². The summed E-state index contributed by atoms with van der Waals surface area (Å²) in [5.41, 5.74) is 3.33. The third kappa shape index (κ3) is 4.67. The average molecular weight is 392 g/mol. The van der Waals surface area contributed by atoms with Crippen molar-refractivity contribution in [2.75, 3.05) is 5.32 Å². The number of carbonyl (C=O) groups is 1. The number of aryl methyl sites for hydroxylation is 1. The molecule has 0 aliphatic carbocycles. The molecule has 1 aromatic heterocycles. The molecular formula is C24H29N3O2. The highest BCUT2D eigenvalue weighted by molar-refractivity contribution is 6.04. The van der Waals surface area contributed by atoms with Gasteiger partial charge in [-0.15, -0.1) is 0 Å². The number of nitrogens with one attached hydrogen (secondary N) is 1. The monoisotopic (exact) mass is 391 g/mol. The Morgan fingerprint density at radius 1 is 0.966 bits per heavy atom. The number of aromatic nitrogens is 2. The number of hydrogen-bond acceptors (Lipinski definition) is 2. The zero-order chi connectivity index (χ0) is 20.8. The van der Waals surface area contributed by atoms with Crippen LogP contribution in [0.2, 0.25) is 0 Å². The van der Waals surface area contributed by atoms with E-state index >= 15 is 0 Å². The molecule has 2 aromatic carbocycles. The fourth-order valence-corrected chi connectivity index (χ4v) is 3.48. The second kappa shape index (κ2) is 9.41. The lowest BCUT2D eigenvalue weighted by atomic mass is 10.0. The minimum atomic E-state index is -0.270. The summed E-state index contributed by atoms with van der Waals surface area (Å²) in [6.07, 6.45) is 5.92. The SMILES string of the molecule is CCCCCCc1ccc(C(=O)Nc2c(C)n(C)n(-c3ccccc3)c2=O)cc1. The number of rotatable bonds is 8. The summed E-state index contributed by atoms with van der Waals surface area (Å²) >= 11 is 0.